The third kappa shape index (κ3) is 3.85. The molecule has 1 aliphatic heterocycles. The van der Waals surface area contributed by atoms with E-state index in [9.17, 15) is 4.39 Å². The first-order chi connectivity index (χ1) is 10.3. The van der Waals surface area contributed by atoms with Crippen molar-refractivity contribution >= 4 is 0 Å². The molecule has 0 atom stereocenters. The lowest BCUT2D eigenvalue weighted by molar-refractivity contribution is 0.213. The number of piperidine rings is 1. The van der Waals surface area contributed by atoms with Gasteiger partial charge in [-0.05, 0) is 62.2 Å². The van der Waals surface area contributed by atoms with Crippen LogP contribution in [-0.2, 0) is 6.42 Å². The van der Waals surface area contributed by atoms with Crippen LogP contribution in [0.4, 0.5) is 4.39 Å². The second kappa shape index (κ2) is 6.76. The minimum absolute atomic E-state index is 0.256. The topological polar surface area (TPSA) is 29.0 Å². The van der Waals surface area contributed by atoms with Crippen molar-refractivity contribution < 1.29 is 4.39 Å². The molecule has 4 heteroatoms. The Morgan fingerprint density at radius 3 is 2.52 bits per heavy atom. The van der Waals surface area contributed by atoms with Gasteiger partial charge in [0, 0.05) is 30.6 Å². The van der Waals surface area contributed by atoms with E-state index in [0.29, 0.717) is 5.92 Å². The van der Waals surface area contributed by atoms with Crippen LogP contribution in [0.5, 0.6) is 0 Å². The molecule has 2 aromatic heterocycles. The van der Waals surface area contributed by atoms with Gasteiger partial charge in [0.2, 0.25) is 0 Å². The zero-order chi connectivity index (χ0) is 14.5. The van der Waals surface area contributed by atoms with Gasteiger partial charge in [0.15, 0.2) is 0 Å². The van der Waals surface area contributed by atoms with Gasteiger partial charge in [0.25, 0.3) is 0 Å². The Bertz CT molecular complexity index is 548. The average Bonchev–Trinajstić information content (AvgIpc) is 2.55. The SMILES string of the molecule is Fc1ccc(C2CCN(CCc3ccncc3)CC2)nc1. The van der Waals surface area contributed by atoms with Crippen LogP contribution in [0, 0.1) is 5.82 Å². The van der Waals surface area contributed by atoms with Gasteiger partial charge in [0.05, 0.1) is 6.20 Å². The maximum absolute atomic E-state index is 12.9. The van der Waals surface area contributed by atoms with Gasteiger partial charge in [-0.1, -0.05) is 0 Å². The first kappa shape index (κ1) is 14.1. The minimum Gasteiger partial charge on any atom is -0.303 e. The van der Waals surface area contributed by atoms with E-state index in [1.807, 2.05) is 18.5 Å². The van der Waals surface area contributed by atoms with Crippen LogP contribution in [0.1, 0.15) is 30.0 Å². The molecule has 3 heterocycles. The lowest BCUT2D eigenvalue weighted by Gasteiger charge is -2.31. The summed E-state index contributed by atoms with van der Waals surface area (Å²) < 4.78 is 12.9. The van der Waals surface area contributed by atoms with E-state index in [4.69, 9.17) is 0 Å². The summed E-state index contributed by atoms with van der Waals surface area (Å²) in [5.74, 6) is 0.219. The van der Waals surface area contributed by atoms with Crippen LogP contribution in [0.25, 0.3) is 0 Å². The maximum atomic E-state index is 12.9. The highest BCUT2D eigenvalue weighted by Crippen LogP contribution is 2.26. The fourth-order valence-electron chi connectivity index (χ4n) is 2.92. The lowest BCUT2D eigenvalue weighted by atomic mass is 9.93. The van der Waals surface area contributed by atoms with Gasteiger partial charge in [-0.25, -0.2) is 4.39 Å². The Labute approximate surface area is 124 Å². The van der Waals surface area contributed by atoms with Gasteiger partial charge >= 0.3 is 0 Å². The first-order valence-corrected chi connectivity index (χ1v) is 7.54. The predicted octanol–water partition coefficient (Wildman–Crippen LogP) is 3.04. The van der Waals surface area contributed by atoms with E-state index < -0.39 is 0 Å². The first-order valence-electron chi connectivity index (χ1n) is 7.54. The number of aromatic nitrogens is 2. The monoisotopic (exact) mass is 285 g/mol. The molecule has 1 aliphatic rings. The zero-order valence-corrected chi connectivity index (χ0v) is 12.1. The fourth-order valence-corrected chi connectivity index (χ4v) is 2.92. The molecule has 0 N–H and O–H groups in total. The molecule has 0 bridgehead atoms. The van der Waals surface area contributed by atoms with Crippen molar-refractivity contribution in [2.75, 3.05) is 19.6 Å². The van der Waals surface area contributed by atoms with Gasteiger partial charge in [-0.2, -0.15) is 0 Å². The van der Waals surface area contributed by atoms with E-state index >= 15 is 0 Å². The molecule has 3 nitrogen and oxygen atoms in total. The number of pyridine rings is 2. The van der Waals surface area contributed by atoms with Gasteiger partial charge in [-0.15, -0.1) is 0 Å². The molecule has 0 saturated carbocycles. The summed E-state index contributed by atoms with van der Waals surface area (Å²) in [7, 11) is 0. The molecule has 2 aromatic rings. The standard InChI is InChI=1S/C17H20FN3/c18-16-1-2-17(20-13-16)15-6-11-21(12-7-15)10-5-14-3-8-19-9-4-14/h1-4,8-9,13,15H,5-7,10-12H2. The third-order valence-corrected chi connectivity index (χ3v) is 4.22. The van der Waals surface area contributed by atoms with E-state index in [-0.39, 0.29) is 5.82 Å². The summed E-state index contributed by atoms with van der Waals surface area (Å²) in [5, 5.41) is 0. The predicted molar refractivity (Wildman–Crippen MR) is 80.6 cm³/mol. The third-order valence-electron chi connectivity index (χ3n) is 4.22. The van der Waals surface area contributed by atoms with Crippen LogP contribution in [0.3, 0.4) is 0 Å². The normalized spacial score (nSPS) is 17.0. The molecule has 0 spiro atoms. The van der Waals surface area contributed by atoms with Gasteiger partial charge in [0.1, 0.15) is 5.82 Å². The Balaban J connectivity index is 1.48. The van der Waals surface area contributed by atoms with E-state index in [1.165, 1.54) is 17.8 Å². The lowest BCUT2D eigenvalue weighted by Crippen LogP contribution is -2.34. The van der Waals surface area contributed by atoms with Crippen LogP contribution >= 0.6 is 0 Å². The van der Waals surface area contributed by atoms with Crippen molar-refractivity contribution in [3.05, 3.63) is 59.9 Å². The molecule has 1 saturated heterocycles. The highest BCUT2D eigenvalue weighted by molar-refractivity contribution is 5.12. The number of likely N-dealkylation sites (tertiary alicyclic amines) is 1. The summed E-state index contributed by atoms with van der Waals surface area (Å²) >= 11 is 0. The quantitative estimate of drug-likeness (QED) is 0.864. The summed E-state index contributed by atoms with van der Waals surface area (Å²) in [5.41, 5.74) is 2.37. The summed E-state index contributed by atoms with van der Waals surface area (Å²) in [4.78, 5) is 10.8. The number of hydrogen-bond acceptors (Lipinski definition) is 3. The molecular weight excluding hydrogens is 265 g/mol. The summed E-state index contributed by atoms with van der Waals surface area (Å²) in [6.45, 7) is 3.27. The second-order valence-electron chi connectivity index (χ2n) is 5.62. The van der Waals surface area contributed by atoms with E-state index in [1.54, 1.807) is 0 Å². The molecule has 1 fully saturated rings. The smallest absolute Gasteiger partial charge is 0.141 e. The van der Waals surface area contributed by atoms with Crippen LogP contribution < -0.4 is 0 Å². The number of nitrogens with zero attached hydrogens (tertiary/aromatic N) is 3. The summed E-state index contributed by atoms with van der Waals surface area (Å²) in [6, 6.07) is 7.50. The molecule has 110 valence electrons. The fraction of sp³-hybridized carbons (Fsp3) is 0.412. The van der Waals surface area contributed by atoms with Crippen molar-refractivity contribution in [1.82, 2.24) is 14.9 Å². The summed E-state index contributed by atoms with van der Waals surface area (Å²) in [6.07, 6.45) is 8.31. The molecule has 21 heavy (non-hydrogen) atoms. The van der Waals surface area contributed by atoms with Crippen molar-refractivity contribution in [2.24, 2.45) is 0 Å². The van der Waals surface area contributed by atoms with Gasteiger partial charge < -0.3 is 4.90 Å². The molecule has 0 radical (unpaired) electrons. The molecular formula is C17H20FN3. The van der Waals surface area contributed by atoms with Crippen LogP contribution in [0.2, 0.25) is 0 Å². The van der Waals surface area contributed by atoms with Gasteiger partial charge in [-0.3, -0.25) is 9.97 Å². The highest BCUT2D eigenvalue weighted by Gasteiger charge is 2.21. The van der Waals surface area contributed by atoms with Crippen molar-refractivity contribution in [1.29, 1.82) is 0 Å². The van der Waals surface area contributed by atoms with Crippen LogP contribution in [0.15, 0.2) is 42.9 Å². The number of hydrogen-bond donors (Lipinski definition) is 0. The maximum Gasteiger partial charge on any atom is 0.141 e. The van der Waals surface area contributed by atoms with Crippen molar-refractivity contribution in [3.8, 4) is 0 Å². The van der Waals surface area contributed by atoms with E-state index in [0.717, 1.165) is 44.6 Å². The van der Waals surface area contributed by atoms with E-state index in [2.05, 4.69) is 27.0 Å². The molecule has 3 rings (SSSR count). The minimum atomic E-state index is -0.256. The highest BCUT2D eigenvalue weighted by atomic mass is 19.1. The Morgan fingerprint density at radius 2 is 1.86 bits per heavy atom. The Hall–Kier alpha value is -1.81. The van der Waals surface area contributed by atoms with Crippen molar-refractivity contribution in [3.63, 3.8) is 0 Å². The number of rotatable bonds is 4. The Morgan fingerprint density at radius 1 is 1.10 bits per heavy atom. The largest absolute Gasteiger partial charge is 0.303 e. The number of halogens is 1. The molecule has 0 amide bonds. The second-order valence-corrected chi connectivity index (χ2v) is 5.62. The van der Waals surface area contributed by atoms with Crippen molar-refractivity contribution in [2.45, 2.75) is 25.2 Å². The molecule has 0 aliphatic carbocycles. The Kier molecular flexibility index (Phi) is 4.55. The molecule has 0 unspecified atom stereocenters. The molecule has 0 aromatic carbocycles. The average molecular weight is 285 g/mol. The zero-order valence-electron chi connectivity index (χ0n) is 12.1. The van der Waals surface area contributed by atoms with Crippen LogP contribution in [-0.4, -0.2) is 34.5 Å².